The highest BCUT2D eigenvalue weighted by molar-refractivity contribution is 7.80. The summed E-state index contributed by atoms with van der Waals surface area (Å²) in [5.41, 5.74) is 8.13. The first-order chi connectivity index (χ1) is 11.1. The molecule has 2 N–H and O–H groups in total. The molecule has 0 radical (unpaired) electrons. The number of nitrogens with zero attached hydrogens (tertiary/aromatic N) is 3. The Balaban J connectivity index is 2.01. The molecule has 1 unspecified atom stereocenters. The first kappa shape index (κ1) is 15.1. The Morgan fingerprint density at radius 3 is 2.52 bits per heavy atom. The van der Waals surface area contributed by atoms with Gasteiger partial charge in [0.1, 0.15) is 0 Å². The van der Waals surface area contributed by atoms with Gasteiger partial charge in [-0.05, 0) is 23.8 Å². The zero-order valence-corrected chi connectivity index (χ0v) is 12.9. The van der Waals surface area contributed by atoms with Gasteiger partial charge in [-0.15, -0.1) is 0 Å². The first-order valence-corrected chi connectivity index (χ1v) is 7.43. The lowest BCUT2D eigenvalue weighted by Gasteiger charge is -2.21. The molecule has 0 bridgehead atoms. The molecule has 7 heteroatoms. The fourth-order valence-electron chi connectivity index (χ4n) is 2.70. The van der Waals surface area contributed by atoms with Gasteiger partial charge in [-0.1, -0.05) is 42.5 Å². The van der Waals surface area contributed by atoms with Crippen molar-refractivity contribution in [3.63, 3.8) is 0 Å². The van der Waals surface area contributed by atoms with E-state index in [1.54, 1.807) is 18.2 Å². The zero-order valence-electron chi connectivity index (χ0n) is 12.1. The number of nitro groups is 1. The van der Waals surface area contributed by atoms with E-state index in [0.717, 1.165) is 11.3 Å². The SMILES string of the molecule is NC(=S)N1N=C(c2ccccc2)CC1c1ccccc1[N+](=O)[O-]. The second-order valence-electron chi connectivity index (χ2n) is 5.13. The number of hydrazone groups is 1. The lowest BCUT2D eigenvalue weighted by Crippen LogP contribution is -2.32. The topological polar surface area (TPSA) is 84.8 Å². The van der Waals surface area contributed by atoms with Crippen molar-refractivity contribution in [1.82, 2.24) is 5.01 Å². The van der Waals surface area contributed by atoms with Gasteiger partial charge in [-0.3, -0.25) is 10.1 Å². The van der Waals surface area contributed by atoms with Crippen molar-refractivity contribution in [2.24, 2.45) is 10.8 Å². The molecule has 116 valence electrons. The minimum Gasteiger partial charge on any atom is -0.375 e. The number of para-hydroxylation sites is 1. The van der Waals surface area contributed by atoms with Crippen molar-refractivity contribution in [3.8, 4) is 0 Å². The number of thiocarbonyl (C=S) groups is 1. The summed E-state index contributed by atoms with van der Waals surface area (Å²) in [4.78, 5) is 10.9. The quantitative estimate of drug-likeness (QED) is 0.532. The number of hydrogen-bond acceptors (Lipinski definition) is 4. The van der Waals surface area contributed by atoms with Crippen LogP contribution in [0.3, 0.4) is 0 Å². The highest BCUT2D eigenvalue weighted by Crippen LogP contribution is 2.36. The van der Waals surface area contributed by atoms with Crippen LogP contribution in [-0.4, -0.2) is 20.8 Å². The van der Waals surface area contributed by atoms with Crippen molar-refractivity contribution < 1.29 is 4.92 Å². The molecule has 3 rings (SSSR count). The van der Waals surface area contributed by atoms with Crippen LogP contribution in [0.4, 0.5) is 5.69 Å². The molecule has 0 amide bonds. The fourth-order valence-corrected chi connectivity index (χ4v) is 2.86. The molecule has 0 saturated carbocycles. The summed E-state index contributed by atoms with van der Waals surface area (Å²) in [6.07, 6.45) is 0.506. The van der Waals surface area contributed by atoms with Crippen LogP contribution in [0.5, 0.6) is 0 Å². The molecular formula is C16H14N4O2S. The van der Waals surface area contributed by atoms with Gasteiger partial charge < -0.3 is 5.73 Å². The fraction of sp³-hybridized carbons (Fsp3) is 0.125. The highest BCUT2D eigenvalue weighted by Gasteiger charge is 2.34. The molecule has 2 aromatic carbocycles. The molecule has 0 spiro atoms. The normalized spacial score (nSPS) is 17.0. The molecule has 1 heterocycles. The lowest BCUT2D eigenvalue weighted by atomic mass is 9.97. The summed E-state index contributed by atoms with van der Waals surface area (Å²) in [5, 5.41) is 17.4. The number of nitrogens with two attached hydrogens (primary N) is 1. The summed E-state index contributed by atoms with van der Waals surface area (Å²) in [5.74, 6) is 0. The number of rotatable bonds is 3. The van der Waals surface area contributed by atoms with Gasteiger partial charge in [0.25, 0.3) is 5.69 Å². The molecule has 0 saturated heterocycles. The zero-order chi connectivity index (χ0) is 16.4. The second-order valence-corrected chi connectivity index (χ2v) is 5.55. The Kier molecular flexibility index (Phi) is 4.03. The molecule has 0 aromatic heterocycles. The standard InChI is InChI=1S/C16H14N4O2S/c17-16(23)19-15(12-8-4-5-9-14(12)20(21)22)10-13(18-19)11-6-2-1-3-7-11/h1-9,15H,10H2,(H2,17,23). The molecule has 1 atom stereocenters. The molecule has 1 aliphatic rings. The maximum absolute atomic E-state index is 11.3. The van der Waals surface area contributed by atoms with Gasteiger partial charge in [0.05, 0.1) is 22.2 Å². The van der Waals surface area contributed by atoms with Gasteiger partial charge in [0.15, 0.2) is 5.11 Å². The molecule has 1 aliphatic heterocycles. The van der Waals surface area contributed by atoms with E-state index >= 15 is 0 Å². The molecule has 2 aromatic rings. The average molecular weight is 326 g/mol. The Labute approximate surface area is 138 Å². The third-order valence-corrected chi connectivity index (χ3v) is 3.92. The molecule has 23 heavy (non-hydrogen) atoms. The van der Waals surface area contributed by atoms with Crippen molar-refractivity contribution in [3.05, 3.63) is 75.8 Å². The molecule has 0 aliphatic carbocycles. The maximum Gasteiger partial charge on any atom is 0.274 e. The van der Waals surface area contributed by atoms with Crippen LogP contribution < -0.4 is 5.73 Å². The lowest BCUT2D eigenvalue weighted by molar-refractivity contribution is -0.385. The van der Waals surface area contributed by atoms with Crippen LogP contribution >= 0.6 is 12.2 Å². The monoisotopic (exact) mass is 326 g/mol. The highest BCUT2D eigenvalue weighted by atomic mass is 32.1. The van der Waals surface area contributed by atoms with Crippen LogP contribution in [0.1, 0.15) is 23.6 Å². The van der Waals surface area contributed by atoms with E-state index in [-0.39, 0.29) is 16.8 Å². The predicted molar refractivity (Wildman–Crippen MR) is 92.1 cm³/mol. The largest absolute Gasteiger partial charge is 0.375 e. The summed E-state index contributed by atoms with van der Waals surface area (Å²) in [6, 6.07) is 15.9. The average Bonchev–Trinajstić information content (AvgIpc) is 3.01. The van der Waals surface area contributed by atoms with E-state index < -0.39 is 4.92 Å². The number of benzene rings is 2. The van der Waals surface area contributed by atoms with Gasteiger partial charge in [0, 0.05) is 12.5 Å². The summed E-state index contributed by atoms with van der Waals surface area (Å²) >= 11 is 5.07. The summed E-state index contributed by atoms with van der Waals surface area (Å²) < 4.78 is 0. The Bertz CT molecular complexity index is 792. The van der Waals surface area contributed by atoms with E-state index in [0.29, 0.717) is 12.0 Å². The van der Waals surface area contributed by atoms with Gasteiger partial charge in [-0.2, -0.15) is 5.10 Å². The molecule has 0 fully saturated rings. The van der Waals surface area contributed by atoms with Crippen molar-refractivity contribution >= 4 is 28.7 Å². The Morgan fingerprint density at radius 2 is 1.87 bits per heavy atom. The van der Waals surface area contributed by atoms with Gasteiger partial charge in [-0.25, -0.2) is 5.01 Å². The minimum atomic E-state index is -0.395. The van der Waals surface area contributed by atoms with Crippen LogP contribution in [0.25, 0.3) is 0 Å². The Morgan fingerprint density at radius 1 is 1.22 bits per heavy atom. The van der Waals surface area contributed by atoms with Crippen molar-refractivity contribution in [2.75, 3.05) is 0 Å². The predicted octanol–water partition coefficient (Wildman–Crippen LogP) is 2.99. The van der Waals surface area contributed by atoms with E-state index in [1.807, 2.05) is 30.3 Å². The van der Waals surface area contributed by atoms with E-state index in [2.05, 4.69) is 5.10 Å². The first-order valence-electron chi connectivity index (χ1n) is 7.03. The van der Waals surface area contributed by atoms with Gasteiger partial charge in [0.2, 0.25) is 0 Å². The Hall–Kier alpha value is -2.80. The minimum absolute atomic E-state index is 0.0447. The number of nitro benzene ring substituents is 1. The number of hydrogen-bond donors (Lipinski definition) is 1. The smallest absolute Gasteiger partial charge is 0.274 e. The molecular weight excluding hydrogens is 312 g/mol. The molecule has 6 nitrogen and oxygen atoms in total. The van der Waals surface area contributed by atoms with Crippen LogP contribution in [0.15, 0.2) is 59.7 Å². The summed E-state index contributed by atoms with van der Waals surface area (Å²) in [6.45, 7) is 0. The maximum atomic E-state index is 11.3. The third kappa shape index (κ3) is 2.91. The van der Waals surface area contributed by atoms with E-state index in [1.165, 1.54) is 11.1 Å². The van der Waals surface area contributed by atoms with Crippen LogP contribution in [-0.2, 0) is 0 Å². The second kappa shape index (κ2) is 6.13. The van der Waals surface area contributed by atoms with E-state index in [4.69, 9.17) is 18.0 Å². The van der Waals surface area contributed by atoms with Gasteiger partial charge >= 0.3 is 0 Å². The van der Waals surface area contributed by atoms with Crippen LogP contribution in [0, 0.1) is 10.1 Å². The van der Waals surface area contributed by atoms with Crippen molar-refractivity contribution in [1.29, 1.82) is 0 Å². The van der Waals surface area contributed by atoms with Crippen molar-refractivity contribution in [2.45, 2.75) is 12.5 Å². The van der Waals surface area contributed by atoms with E-state index in [9.17, 15) is 10.1 Å². The summed E-state index contributed by atoms with van der Waals surface area (Å²) in [7, 11) is 0. The van der Waals surface area contributed by atoms with Crippen LogP contribution in [0.2, 0.25) is 0 Å². The third-order valence-electron chi connectivity index (χ3n) is 3.74.